The van der Waals surface area contributed by atoms with E-state index in [-0.39, 0.29) is 0 Å². The van der Waals surface area contributed by atoms with Crippen molar-refractivity contribution in [1.82, 2.24) is 0 Å². The molecular weight excluding hydrogens is 264 g/mol. The van der Waals surface area contributed by atoms with Gasteiger partial charge >= 0.3 is 0 Å². The molecule has 102 valence electrons. The van der Waals surface area contributed by atoms with Gasteiger partial charge in [-0.15, -0.1) is 0 Å². The molecule has 1 aliphatic carbocycles. The molecule has 0 heteroatoms. The van der Waals surface area contributed by atoms with E-state index in [0.29, 0.717) is 0 Å². The van der Waals surface area contributed by atoms with Crippen LogP contribution >= 0.6 is 0 Å². The van der Waals surface area contributed by atoms with Gasteiger partial charge in [-0.25, -0.2) is 0 Å². The third-order valence-corrected chi connectivity index (χ3v) is 5.42. The Balaban J connectivity index is 2.10. The second kappa shape index (κ2) is 3.59. The number of hydrogen-bond donors (Lipinski definition) is 0. The highest BCUT2D eigenvalue weighted by Gasteiger charge is 2.19. The highest BCUT2D eigenvalue weighted by molar-refractivity contribution is 6.30. The summed E-state index contributed by atoms with van der Waals surface area (Å²) in [7, 11) is 0. The normalized spacial score (nSPS) is 14.0. The Bertz CT molecular complexity index is 1210. The minimum Gasteiger partial charge on any atom is -0.0614 e. The van der Waals surface area contributed by atoms with Crippen molar-refractivity contribution in [2.45, 2.75) is 12.8 Å². The molecule has 5 aromatic rings. The zero-order valence-corrected chi connectivity index (χ0v) is 12.2. The van der Waals surface area contributed by atoms with Crippen LogP contribution in [-0.2, 0) is 12.8 Å². The molecule has 22 heavy (non-hydrogen) atoms. The first-order valence-electron chi connectivity index (χ1n) is 8.01. The van der Waals surface area contributed by atoms with Crippen molar-refractivity contribution in [3.05, 3.63) is 71.8 Å². The van der Waals surface area contributed by atoms with Crippen molar-refractivity contribution in [2.24, 2.45) is 0 Å². The molecule has 0 nitrogen and oxygen atoms in total. The first kappa shape index (κ1) is 11.0. The summed E-state index contributed by atoms with van der Waals surface area (Å²) < 4.78 is 0. The van der Waals surface area contributed by atoms with Crippen LogP contribution < -0.4 is 0 Å². The largest absolute Gasteiger partial charge is 0.0614 e. The Kier molecular flexibility index (Phi) is 1.80. The summed E-state index contributed by atoms with van der Waals surface area (Å²) in [5.41, 5.74) is 3.04. The van der Waals surface area contributed by atoms with Gasteiger partial charge in [-0.05, 0) is 73.1 Å². The third kappa shape index (κ3) is 1.16. The topological polar surface area (TPSA) is 0 Å². The zero-order valence-electron chi connectivity index (χ0n) is 12.2. The highest BCUT2D eigenvalue weighted by atomic mass is 14.2. The summed E-state index contributed by atoms with van der Waals surface area (Å²) in [5.74, 6) is 0. The van der Waals surface area contributed by atoms with E-state index in [9.17, 15) is 0 Å². The maximum absolute atomic E-state index is 2.43. The molecule has 1 aliphatic rings. The molecule has 0 saturated carbocycles. The average Bonchev–Trinajstić information content (AvgIpc) is 2.57. The summed E-state index contributed by atoms with van der Waals surface area (Å²) in [6, 6.07) is 22.8. The predicted octanol–water partition coefficient (Wildman–Crippen LogP) is 5.84. The predicted molar refractivity (Wildman–Crippen MR) is 95.1 cm³/mol. The Morgan fingerprint density at radius 3 is 2.09 bits per heavy atom. The first-order chi connectivity index (χ1) is 10.9. The molecule has 0 atom stereocenters. The van der Waals surface area contributed by atoms with Crippen molar-refractivity contribution in [2.75, 3.05) is 0 Å². The molecule has 0 spiro atoms. The summed E-state index contributed by atoms with van der Waals surface area (Å²) in [5, 5.41) is 11.5. The fraction of sp³-hybridized carbons (Fsp3) is 0.0909. The lowest BCUT2D eigenvalue weighted by atomic mass is 9.82. The smallest absolute Gasteiger partial charge is 0.00175 e. The van der Waals surface area contributed by atoms with Crippen molar-refractivity contribution in [1.29, 1.82) is 0 Å². The van der Waals surface area contributed by atoms with E-state index in [1.807, 2.05) is 0 Å². The molecule has 6 rings (SSSR count). The van der Waals surface area contributed by atoms with Crippen molar-refractivity contribution in [3.63, 3.8) is 0 Å². The molecule has 0 fully saturated rings. The molecule has 5 aromatic carbocycles. The van der Waals surface area contributed by atoms with Crippen LogP contribution in [0.15, 0.2) is 60.7 Å². The van der Waals surface area contributed by atoms with Gasteiger partial charge in [0.15, 0.2) is 0 Å². The fourth-order valence-electron chi connectivity index (χ4n) is 4.53. The van der Waals surface area contributed by atoms with Gasteiger partial charge in [-0.3, -0.25) is 0 Å². The van der Waals surface area contributed by atoms with E-state index in [0.717, 1.165) is 6.42 Å². The van der Waals surface area contributed by atoms with Gasteiger partial charge in [0.25, 0.3) is 0 Å². The lowest BCUT2D eigenvalue weighted by molar-refractivity contribution is 0.970. The summed E-state index contributed by atoms with van der Waals surface area (Å²) in [6.07, 6.45) is 2.33. The molecule has 0 bridgehead atoms. The number of rotatable bonds is 0. The molecule has 0 aromatic heterocycles. The maximum Gasteiger partial charge on any atom is -0.00175 e. The Labute approximate surface area is 128 Å². The van der Waals surface area contributed by atoms with Crippen LogP contribution in [0.3, 0.4) is 0 Å². The van der Waals surface area contributed by atoms with Crippen LogP contribution in [0, 0.1) is 0 Å². The monoisotopic (exact) mass is 278 g/mol. The maximum atomic E-state index is 2.43. The standard InChI is InChI=1S/C22H14/c1-3-13-7-9-18-12-16-6-2-4-14-8-10-17-11-15(5-1)19(13)21(18)22(17)20(14)16/h1-7,9,11-12H,8,10H2. The minimum atomic E-state index is 1.16. The molecular formula is C22H14. The van der Waals surface area contributed by atoms with E-state index < -0.39 is 0 Å². The van der Waals surface area contributed by atoms with Gasteiger partial charge in [-0.1, -0.05) is 54.6 Å². The lowest BCUT2D eigenvalue weighted by Crippen LogP contribution is -2.02. The number of aryl methyl sites for hydroxylation is 2. The Morgan fingerprint density at radius 2 is 1.14 bits per heavy atom. The molecule has 0 amide bonds. The quantitative estimate of drug-likeness (QED) is 0.247. The van der Waals surface area contributed by atoms with Crippen LogP contribution in [0.5, 0.6) is 0 Å². The van der Waals surface area contributed by atoms with Crippen LogP contribution in [0.2, 0.25) is 0 Å². The first-order valence-corrected chi connectivity index (χ1v) is 8.01. The highest BCUT2D eigenvalue weighted by Crippen LogP contribution is 2.43. The van der Waals surface area contributed by atoms with Gasteiger partial charge in [0.2, 0.25) is 0 Å². The van der Waals surface area contributed by atoms with Crippen LogP contribution in [0.4, 0.5) is 0 Å². The summed E-state index contributed by atoms with van der Waals surface area (Å²) in [6.45, 7) is 0. The van der Waals surface area contributed by atoms with Gasteiger partial charge in [-0.2, -0.15) is 0 Å². The zero-order chi connectivity index (χ0) is 14.3. The minimum absolute atomic E-state index is 1.16. The molecule has 0 radical (unpaired) electrons. The fourth-order valence-corrected chi connectivity index (χ4v) is 4.53. The second-order valence-corrected chi connectivity index (χ2v) is 6.55. The Morgan fingerprint density at radius 1 is 0.455 bits per heavy atom. The molecule has 0 saturated heterocycles. The number of benzene rings is 5. The van der Waals surface area contributed by atoms with Gasteiger partial charge in [0.1, 0.15) is 0 Å². The number of hydrogen-bond acceptors (Lipinski definition) is 0. The van der Waals surface area contributed by atoms with Crippen molar-refractivity contribution < 1.29 is 0 Å². The Hall–Kier alpha value is -2.60. The summed E-state index contributed by atoms with van der Waals surface area (Å²) >= 11 is 0. The molecule has 0 aliphatic heterocycles. The average molecular weight is 278 g/mol. The van der Waals surface area contributed by atoms with Crippen LogP contribution in [0.1, 0.15) is 11.1 Å². The van der Waals surface area contributed by atoms with Crippen molar-refractivity contribution in [3.8, 4) is 0 Å². The van der Waals surface area contributed by atoms with E-state index in [1.165, 1.54) is 60.6 Å². The second-order valence-electron chi connectivity index (χ2n) is 6.55. The lowest BCUT2D eigenvalue weighted by Gasteiger charge is -2.22. The van der Waals surface area contributed by atoms with Crippen molar-refractivity contribution >= 4 is 43.1 Å². The summed E-state index contributed by atoms with van der Waals surface area (Å²) in [4.78, 5) is 0. The SMILES string of the molecule is c1cc2c3c(c1)cc1ccc4cccc5cc(c3c1c45)CC2. The van der Waals surface area contributed by atoms with Gasteiger partial charge in [0, 0.05) is 0 Å². The van der Waals surface area contributed by atoms with E-state index in [4.69, 9.17) is 0 Å². The van der Waals surface area contributed by atoms with Gasteiger partial charge in [0.05, 0.1) is 0 Å². The van der Waals surface area contributed by atoms with E-state index in [2.05, 4.69) is 60.7 Å². The molecule has 0 unspecified atom stereocenters. The van der Waals surface area contributed by atoms with E-state index in [1.54, 1.807) is 0 Å². The third-order valence-electron chi connectivity index (χ3n) is 5.42. The van der Waals surface area contributed by atoms with Gasteiger partial charge < -0.3 is 0 Å². The van der Waals surface area contributed by atoms with E-state index >= 15 is 0 Å². The molecule has 0 heterocycles. The van der Waals surface area contributed by atoms with Crippen LogP contribution in [0.25, 0.3) is 43.1 Å². The molecule has 0 N–H and O–H groups in total. The van der Waals surface area contributed by atoms with Crippen LogP contribution in [-0.4, -0.2) is 0 Å².